The van der Waals surface area contributed by atoms with Crippen molar-refractivity contribution in [3.05, 3.63) is 90.0 Å². The highest BCUT2D eigenvalue weighted by Gasteiger charge is 2.35. The summed E-state index contributed by atoms with van der Waals surface area (Å²) in [6.45, 7) is 0.521. The third kappa shape index (κ3) is 7.08. The van der Waals surface area contributed by atoms with Crippen molar-refractivity contribution in [2.24, 2.45) is 0 Å². The Kier molecular flexibility index (Phi) is 9.23. The summed E-state index contributed by atoms with van der Waals surface area (Å²) in [7, 11) is -1.62. The van der Waals surface area contributed by atoms with Crippen molar-refractivity contribution in [2.75, 3.05) is 25.0 Å². The summed E-state index contributed by atoms with van der Waals surface area (Å²) >= 11 is 0. The van der Waals surface area contributed by atoms with E-state index in [1.54, 1.807) is 30.3 Å². The molecule has 2 amide bonds. The van der Waals surface area contributed by atoms with Gasteiger partial charge < -0.3 is 15.0 Å². The van der Waals surface area contributed by atoms with Crippen molar-refractivity contribution in [3.63, 3.8) is 0 Å². The molecule has 8 nitrogen and oxygen atoms in total. The van der Waals surface area contributed by atoms with Crippen LogP contribution in [0, 0.1) is 0 Å². The number of anilines is 1. The molecule has 0 fully saturated rings. The summed E-state index contributed by atoms with van der Waals surface area (Å²) in [5.74, 6) is -0.807. The van der Waals surface area contributed by atoms with E-state index in [1.807, 2.05) is 0 Å². The number of methoxy groups -OCH3 is 1. The minimum atomic E-state index is -4.74. The van der Waals surface area contributed by atoms with Crippen LogP contribution in [0.3, 0.4) is 0 Å². The fourth-order valence-electron chi connectivity index (χ4n) is 3.84. The van der Waals surface area contributed by atoms with Crippen LogP contribution in [-0.4, -0.2) is 51.9 Å². The molecule has 12 heteroatoms. The molecule has 0 aliphatic carbocycles. The van der Waals surface area contributed by atoms with Gasteiger partial charge in [-0.2, -0.15) is 13.2 Å². The van der Waals surface area contributed by atoms with Crippen molar-refractivity contribution >= 4 is 27.5 Å². The summed E-state index contributed by atoms with van der Waals surface area (Å²) in [5, 5.41) is 2.46. The van der Waals surface area contributed by atoms with Gasteiger partial charge in [-0.05, 0) is 55.0 Å². The molecule has 0 aliphatic rings. The summed E-state index contributed by atoms with van der Waals surface area (Å²) in [5.41, 5.74) is -0.835. The van der Waals surface area contributed by atoms with Crippen LogP contribution in [0.2, 0.25) is 0 Å². The van der Waals surface area contributed by atoms with Gasteiger partial charge in [0.1, 0.15) is 18.3 Å². The molecule has 39 heavy (non-hydrogen) atoms. The zero-order valence-corrected chi connectivity index (χ0v) is 22.3. The van der Waals surface area contributed by atoms with Crippen LogP contribution in [0.4, 0.5) is 18.9 Å². The lowest BCUT2D eigenvalue weighted by molar-refractivity contribution is -0.139. The van der Waals surface area contributed by atoms with E-state index in [-0.39, 0.29) is 17.1 Å². The van der Waals surface area contributed by atoms with Gasteiger partial charge in [0.2, 0.25) is 11.8 Å². The third-order valence-corrected chi connectivity index (χ3v) is 7.76. The van der Waals surface area contributed by atoms with Crippen LogP contribution in [0.1, 0.15) is 18.1 Å². The molecule has 0 aromatic heterocycles. The molecule has 208 valence electrons. The Morgan fingerprint density at radius 3 is 2.26 bits per heavy atom. The fourth-order valence-corrected chi connectivity index (χ4v) is 5.27. The average molecular weight is 564 g/mol. The topological polar surface area (TPSA) is 96.0 Å². The number of hydrogen-bond donors (Lipinski definition) is 1. The number of sulfonamides is 1. The Labute approximate surface area is 225 Å². The van der Waals surface area contributed by atoms with E-state index < -0.39 is 46.2 Å². The molecule has 0 spiro atoms. The number of hydrogen-bond acceptors (Lipinski definition) is 5. The second kappa shape index (κ2) is 12.2. The van der Waals surface area contributed by atoms with Crippen molar-refractivity contribution in [1.82, 2.24) is 10.2 Å². The van der Waals surface area contributed by atoms with Gasteiger partial charge in [0, 0.05) is 13.6 Å². The first kappa shape index (κ1) is 29.5. The normalized spacial score (nSPS) is 12.4. The summed E-state index contributed by atoms with van der Waals surface area (Å²) < 4.78 is 73.5. The van der Waals surface area contributed by atoms with Gasteiger partial charge >= 0.3 is 6.18 Å². The number of nitrogens with one attached hydrogen (secondary N) is 1. The first-order valence-corrected chi connectivity index (χ1v) is 13.2. The molecule has 1 unspecified atom stereocenters. The maximum absolute atomic E-state index is 13.7. The maximum Gasteiger partial charge on any atom is 0.416 e. The van der Waals surface area contributed by atoms with Crippen LogP contribution in [-0.2, 0) is 32.3 Å². The molecular formula is C27H28F3N3O5S. The number of carbonyl (C=O) groups excluding carboxylic acids is 2. The number of rotatable bonds is 10. The average Bonchev–Trinajstić information content (AvgIpc) is 2.93. The number of alkyl halides is 3. The molecule has 3 rings (SSSR count). The van der Waals surface area contributed by atoms with E-state index in [2.05, 4.69) is 5.32 Å². The van der Waals surface area contributed by atoms with Gasteiger partial charge in [-0.1, -0.05) is 36.4 Å². The van der Waals surface area contributed by atoms with Gasteiger partial charge in [0.05, 0.1) is 23.3 Å². The second-order valence-electron chi connectivity index (χ2n) is 8.54. The number of halogens is 3. The van der Waals surface area contributed by atoms with Crippen molar-refractivity contribution < 1.29 is 35.9 Å². The molecule has 0 saturated heterocycles. The summed E-state index contributed by atoms with van der Waals surface area (Å²) in [4.78, 5) is 27.2. The second-order valence-corrected chi connectivity index (χ2v) is 10.4. The fraction of sp³-hybridized carbons (Fsp3) is 0.259. The summed E-state index contributed by atoms with van der Waals surface area (Å²) in [6.07, 6.45) is -4.74. The van der Waals surface area contributed by atoms with Crippen LogP contribution < -0.4 is 14.4 Å². The zero-order chi connectivity index (χ0) is 28.8. The molecule has 0 radical (unpaired) electrons. The first-order chi connectivity index (χ1) is 18.4. The van der Waals surface area contributed by atoms with Gasteiger partial charge in [0.15, 0.2) is 0 Å². The Morgan fingerprint density at radius 2 is 1.64 bits per heavy atom. The monoisotopic (exact) mass is 563 g/mol. The number of carbonyl (C=O) groups is 2. The number of amides is 2. The van der Waals surface area contributed by atoms with Crippen LogP contribution >= 0.6 is 0 Å². The van der Waals surface area contributed by atoms with E-state index in [1.165, 1.54) is 51.4 Å². The number of likely N-dealkylation sites (N-methyl/N-ethyl adjacent to an activating group) is 1. The lowest BCUT2D eigenvalue weighted by atomic mass is 10.1. The van der Waals surface area contributed by atoms with E-state index in [9.17, 15) is 31.2 Å². The van der Waals surface area contributed by atoms with E-state index in [0.717, 1.165) is 17.0 Å². The van der Waals surface area contributed by atoms with Crippen LogP contribution in [0.25, 0.3) is 0 Å². The number of nitrogens with zero attached hydrogens (tertiary/aromatic N) is 2. The Balaban J connectivity index is 2.08. The maximum atomic E-state index is 13.7. The minimum Gasteiger partial charge on any atom is -0.497 e. The molecule has 3 aromatic carbocycles. The summed E-state index contributed by atoms with van der Waals surface area (Å²) in [6, 6.07) is 16.5. The quantitative estimate of drug-likeness (QED) is 0.401. The van der Waals surface area contributed by atoms with Crippen molar-refractivity contribution in [3.8, 4) is 5.75 Å². The predicted molar refractivity (Wildman–Crippen MR) is 139 cm³/mol. The molecule has 0 saturated carbocycles. The molecule has 3 aromatic rings. The lowest BCUT2D eigenvalue weighted by Gasteiger charge is -2.32. The van der Waals surface area contributed by atoms with E-state index in [0.29, 0.717) is 21.7 Å². The van der Waals surface area contributed by atoms with Gasteiger partial charge in [-0.15, -0.1) is 0 Å². The highest BCUT2D eigenvalue weighted by Crippen LogP contribution is 2.33. The molecule has 1 atom stereocenters. The third-order valence-electron chi connectivity index (χ3n) is 5.97. The van der Waals surface area contributed by atoms with Gasteiger partial charge in [-0.25, -0.2) is 8.42 Å². The highest BCUT2D eigenvalue weighted by atomic mass is 32.2. The van der Waals surface area contributed by atoms with Crippen molar-refractivity contribution in [1.29, 1.82) is 0 Å². The van der Waals surface area contributed by atoms with Crippen LogP contribution in [0.15, 0.2) is 83.8 Å². The predicted octanol–water partition coefficient (Wildman–Crippen LogP) is 4.07. The van der Waals surface area contributed by atoms with Gasteiger partial charge in [0.25, 0.3) is 10.0 Å². The standard InChI is InChI=1S/C27H28F3N3O5S/c1-19(26(35)31-2)32(17-20-9-7-12-23(15-20)38-3)25(34)18-33(39(36,37)24-13-5-4-6-14-24)22-11-8-10-21(16-22)27(28,29)30/h4-16,19H,17-18H2,1-3H3,(H,31,35). The first-order valence-electron chi connectivity index (χ1n) is 11.8. The van der Waals surface area contributed by atoms with E-state index in [4.69, 9.17) is 4.74 Å². The Bertz CT molecular complexity index is 1420. The molecule has 1 N–H and O–H groups in total. The minimum absolute atomic E-state index is 0.0908. The lowest BCUT2D eigenvalue weighted by Crippen LogP contribution is -2.50. The molecular weight excluding hydrogens is 535 g/mol. The van der Waals surface area contributed by atoms with Crippen LogP contribution in [0.5, 0.6) is 5.75 Å². The zero-order valence-electron chi connectivity index (χ0n) is 21.5. The molecule has 0 bridgehead atoms. The molecule has 0 heterocycles. The Morgan fingerprint density at radius 1 is 0.974 bits per heavy atom. The Hall–Kier alpha value is -4.06. The largest absolute Gasteiger partial charge is 0.497 e. The van der Waals surface area contributed by atoms with E-state index >= 15 is 0 Å². The number of ether oxygens (including phenoxy) is 1. The van der Waals surface area contributed by atoms with Gasteiger partial charge in [-0.3, -0.25) is 13.9 Å². The smallest absolute Gasteiger partial charge is 0.416 e. The number of benzene rings is 3. The van der Waals surface area contributed by atoms with Crippen molar-refractivity contribution in [2.45, 2.75) is 30.6 Å². The SMILES string of the molecule is CNC(=O)C(C)N(Cc1cccc(OC)c1)C(=O)CN(c1cccc(C(F)(F)F)c1)S(=O)(=O)c1ccccc1. The molecule has 0 aliphatic heterocycles. The highest BCUT2D eigenvalue weighted by molar-refractivity contribution is 7.92.